The lowest BCUT2D eigenvalue weighted by Crippen LogP contribution is -2.46. The fraction of sp³-hybridized carbons (Fsp3) is 0.480. The van der Waals surface area contributed by atoms with E-state index in [2.05, 4.69) is 51.7 Å². The summed E-state index contributed by atoms with van der Waals surface area (Å²) in [6.07, 6.45) is 0.998. The maximum Gasteiger partial charge on any atom is 0.191 e. The molecule has 2 N–H and O–H groups in total. The molecule has 0 aromatic heterocycles. The zero-order chi connectivity index (χ0) is 22.6. The summed E-state index contributed by atoms with van der Waals surface area (Å²) in [5.74, 6) is 2.54. The third-order valence-corrected chi connectivity index (χ3v) is 5.50. The normalized spacial score (nSPS) is 15.8. The van der Waals surface area contributed by atoms with E-state index in [1.54, 1.807) is 14.2 Å². The van der Waals surface area contributed by atoms with Crippen LogP contribution in [-0.2, 0) is 11.3 Å². The summed E-state index contributed by atoms with van der Waals surface area (Å²) in [5.41, 5.74) is 2.40. The smallest absolute Gasteiger partial charge is 0.191 e. The molecular weight excluding hydrogens is 404 g/mol. The molecule has 1 unspecified atom stereocenters. The molecule has 0 bridgehead atoms. The van der Waals surface area contributed by atoms with Gasteiger partial charge in [-0.05, 0) is 41.8 Å². The van der Waals surface area contributed by atoms with Crippen LogP contribution in [0.1, 0.15) is 30.5 Å². The van der Waals surface area contributed by atoms with E-state index in [4.69, 9.17) is 14.2 Å². The van der Waals surface area contributed by atoms with Gasteiger partial charge in [0.15, 0.2) is 5.96 Å². The van der Waals surface area contributed by atoms with Crippen LogP contribution >= 0.6 is 0 Å². The minimum Gasteiger partial charge on any atom is -0.497 e. The minimum atomic E-state index is 0.217. The van der Waals surface area contributed by atoms with Crippen molar-refractivity contribution in [3.63, 3.8) is 0 Å². The molecule has 0 spiro atoms. The van der Waals surface area contributed by atoms with Crippen molar-refractivity contribution in [1.29, 1.82) is 0 Å². The highest BCUT2D eigenvalue weighted by molar-refractivity contribution is 5.79. The van der Waals surface area contributed by atoms with E-state index in [1.807, 2.05) is 24.3 Å². The van der Waals surface area contributed by atoms with E-state index >= 15 is 0 Å². The van der Waals surface area contributed by atoms with Gasteiger partial charge in [-0.3, -0.25) is 9.89 Å². The van der Waals surface area contributed by atoms with Gasteiger partial charge in [-0.1, -0.05) is 31.2 Å². The summed E-state index contributed by atoms with van der Waals surface area (Å²) >= 11 is 0. The Bertz CT molecular complexity index is 835. The quantitative estimate of drug-likeness (QED) is 0.437. The number of aliphatic imine (C=N–C) groups is 1. The molecule has 0 radical (unpaired) electrons. The highest BCUT2D eigenvalue weighted by Crippen LogP contribution is 2.23. The predicted molar refractivity (Wildman–Crippen MR) is 129 cm³/mol. The maximum absolute atomic E-state index is 5.74. The first-order valence-electron chi connectivity index (χ1n) is 11.4. The van der Waals surface area contributed by atoms with Crippen LogP contribution in [0.5, 0.6) is 11.5 Å². The van der Waals surface area contributed by atoms with E-state index in [0.717, 1.165) is 68.9 Å². The molecule has 174 valence electrons. The molecule has 0 saturated carbocycles. The lowest BCUT2D eigenvalue weighted by Gasteiger charge is -2.35. The van der Waals surface area contributed by atoms with Gasteiger partial charge in [0.1, 0.15) is 11.5 Å². The number of hydrogen-bond acceptors (Lipinski definition) is 5. The summed E-state index contributed by atoms with van der Waals surface area (Å²) in [5, 5.41) is 6.92. The Morgan fingerprint density at radius 2 is 1.88 bits per heavy atom. The molecule has 0 aliphatic carbocycles. The van der Waals surface area contributed by atoms with Gasteiger partial charge in [0, 0.05) is 33.2 Å². The Balaban J connectivity index is 1.60. The third kappa shape index (κ3) is 7.14. The lowest BCUT2D eigenvalue weighted by atomic mass is 10.0. The minimum absolute atomic E-state index is 0.217. The zero-order valence-electron chi connectivity index (χ0n) is 19.5. The average Bonchev–Trinajstić information content (AvgIpc) is 2.86. The van der Waals surface area contributed by atoms with Crippen LogP contribution in [-0.4, -0.2) is 64.5 Å². The Hall–Kier alpha value is -2.77. The van der Waals surface area contributed by atoms with Crippen molar-refractivity contribution in [2.24, 2.45) is 4.99 Å². The van der Waals surface area contributed by atoms with Crippen molar-refractivity contribution in [3.8, 4) is 11.5 Å². The largest absolute Gasteiger partial charge is 0.497 e. The van der Waals surface area contributed by atoms with Crippen molar-refractivity contribution in [1.82, 2.24) is 15.5 Å². The standard InChI is InChI=1S/C25H36N4O3/c1-4-14-32-23-7-5-6-20(17-23)18-27-25(26-2)28-19-24(29-12-15-31-16-13-29)21-8-10-22(30-3)11-9-21/h5-11,17,24H,4,12-16,18-19H2,1-3H3,(H2,26,27,28). The SMILES string of the molecule is CCCOc1cccc(CNC(=NC)NCC(c2ccc(OC)cc2)N2CCOCC2)c1. The van der Waals surface area contributed by atoms with E-state index in [0.29, 0.717) is 6.54 Å². The van der Waals surface area contributed by atoms with Crippen molar-refractivity contribution < 1.29 is 14.2 Å². The van der Waals surface area contributed by atoms with Gasteiger partial charge in [-0.15, -0.1) is 0 Å². The Kier molecular flexibility index (Phi) is 9.65. The molecule has 1 atom stereocenters. The molecule has 1 aliphatic heterocycles. The second kappa shape index (κ2) is 12.9. The highest BCUT2D eigenvalue weighted by Gasteiger charge is 2.23. The van der Waals surface area contributed by atoms with Gasteiger partial charge < -0.3 is 24.8 Å². The van der Waals surface area contributed by atoms with Crippen molar-refractivity contribution in [3.05, 3.63) is 59.7 Å². The number of methoxy groups -OCH3 is 1. The Morgan fingerprint density at radius 1 is 1.09 bits per heavy atom. The van der Waals surface area contributed by atoms with E-state index in [1.165, 1.54) is 5.56 Å². The molecule has 1 heterocycles. The molecule has 2 aromatic rings. The van der Waals surface area contributed by atoms with Crippen molar-refractivity contribution >= 4 is 5.96 Å². The maximum atomic E-state index is 5.74. The number of ether oxygens (including phenoxy) is 3. The van der Waals surface area contributed by atoms with Gasteiger partial charge in [-0.25, -0.2) is 0 Å². The Labute approximate surface area is 191 Å². The molecule has 1 aliphatic rings. The molecule has 3 rings (SSSR count). The van der Waals surface area contributed by atoms with Crippen LogP contribution in [0.15, 0.2) is 53.5 Å². The van der Waals surface area contributed by atoms with Gasteiger partial charge in [0.2, 0.25) is 0 Å². The third-order valence-electron chi connectivity index (χ3n) is 5.50. The average molecular weight is 441 g/mol. The van der Waals surface area contributed by atoms with Gasteiger partial charge in [0.25, 0.3) is 0 Å². The molecule has 7 nitrogen and oxygen atoms in total. The fourth-order valence-electron chi connectivity index (χ4n) is 3.74. The number of nitrogens with one attached hydrogen (secondary N) is 2. The number of rotatable bonds is 10. The summed E-state index contributed by atoms with van der Waals surface area (Å²) in [6.45, 7) is 7.60. The van der Waals surface area contributed by atoms with Crippen LogP contribution in [0, 0.1) is 0 Å². The van der Waals surface area contributed by atoms with Crippen LogP contribution in [0.3, 0.4) is 0 Å². The number of hydrogen-bond donors (Lipinski definition) is 2. The Morgan fingerprint density at radius 3 is 2.56 bits per heavy atom. The molecule has 1 fully saturated rings. The first-order chi connectivity index (χ1) is 15.7. The molecule has 7 heteroatoms. The number of nitrogens with zero attached hydrogens (tertiary/aromatic N) is 2. The number of morpholine rings is 1. The molecule has 2 aromatic carbocycles. The second-order valence-corrected chi connectivity index (χ2v) is 7.74. The molecule has 1 saturated heterocycles. The molecule has 0 amide bonds. The van der Waals surface area contributed by atoms with Gasteiger partial charge >= 0.3 is 0 Å². The van der Waals surface area contributed by atoms with Crippen LogP contribution < -0.4 is 20.1 Å². The van der Waals surface area contributed by atoms with Gasteiger partial charge in [0.05, 0.1) is 33.0 Å². The molecule has 32 heavy (non-hydrogen) atoms. The van der Waals surface area contributed by atoms with Gasteiger partial charge in [-0.2, -0.15) is 0 Å². The highest BCUT2D eigenvalue weighted by atomic mass is 16.5. The summed E-state index contributed by atoms with van der Waals surface area (Å²) in [6, 6.07) is 16.7. The van der Waals surface area contributed by atoms with Crippen molar-refractivity contribution in [2.45, 2.75) is 25.9 Å². The number of benzene rings is 2. The monoisotopic (exact) mass is 440 g/mol. The van der Waals surface area contributed by atoms with Crippen LogP contribution in [0.4, 0.5) is 0 Å². The topological polar surface area (TPSA) is 67.3 Å². The summed E-state index contributed by atoms with van der Waals surface area (Å²) < 4.78 is 16.6. The van der Waals surface area contributed by atoms with Crippen molar-refractivity contribution in [2.75, 3.05) is 53.6 Å². The lowest BCUT2D eigenvalue weighted by molar-refractivity contribution is 0.0170. The summed E-state index contributed by atoms with van der Waals surface area (Å²) in [7, 11) is 3.49. The van der Waals surface area contributed by atoms with E-state index < -0.39 is 0 Å². The second-order valence-electron chi connectivity index (χ2n) is 7.74. The van der Waals surface area contributed by atoms with Crippen LogP contribution in [0.25, 0.3) is 0 Å². The molecular formula is C25H36N4O3. The first-order valence-corrected chi connectivity index (χ1v) is 11.4. The van der Waals surface area contributed by atoms with E-state index in [9.17, 15) is 0 Å². The zero-order valence-corrected chi connectivity index (χ0v) is 19.5. The predicted octanol–water partition coefficient (Wildman–Crippen LogP) is 3.22. The number of guanidine groups is 1. The van der Waals surface area contributed by atoms with E-state index in [-0.39, 0.29) is 6.04 Å². The summed E-state index contributed by atoms with van der Waals surface area (Å²) in [4.78, 5) is 6.87. The van der Waals surface area contributed by atoms with Crippen LogP contribution in [0.2, 0.25) is 0 Å². The first kappa shape index (κ1) is 23.9. The fourth-order valence-corrected chi connectivity index (χ4v) is 3.74.